The number of hydrazine groups is 1. The molecule has 2 aliphatic rings. The highest BCUT2D eigenvalue weighted by molar-refractivity contribution is 7.91. The van der Waals surface area contributed by atoms with E-state index in [4.69, 9.17) is 10.6 Å². The molecule has 6 heteroatoms. The van der Waals surface area contributed by atoms with Gasteiger partial charge in [-0.3, -0.25) is 11.3 Å². The van der Waals surface area contributed by atoms with Crippen LogP contribution in [-0.4, -0.2) is 38.7 Å². The molecule has 0 amide bonds. The van der Waals surface area contributed by atoms with Gasteiger partial charge in [0.05, 0.1) is 18.0 Å². The van der Waals surface area contributed by atoms with Crippen molar-refractivity contribution in [3.8, 4) is 0 Å². The van der Waals surface area contributed by atoms with Crippen molar-refractivity contribution in [2.24, 2.45) is 17.7 Å². The molecule has 1 saturated heterocycles. The zero-order valence-corrected chi connectivity index (χ0v) is 12.7. The molecule has 1 saturated carbocycles. The average molecular weight is 290 g/mol. The first kappa shape index (κ1) is 15.2. The van der Waals surface area contributed by atoms with Crippen molar-refractivity contribution in [1.82, 2.24) is 5.43 Å². The average Bonchev–Trinajstić information content (AvgIpc) is 2.76. The van der Waals surface area contributed by atoms with Crippen LogP contribution in [0.25, 0.3) is 0 Å². The number of hydrogen-bond acceptors (Lipinski definition) is 5. The maximum atomic E-state index is 11.7. The lowest BCUT2D eigenvalue weighted by molar-refractivity contribution is 0.110. The van der Waals surface area contributed by atoms with Crippen molar-refractivity contribution in [3.63, 3.8) is 0 Å². The minimum Gasteiger partial charge on any atom is -0.378 e. The van der Waals surface area contributed by atoms with Crippen molar-refractivity contribution >= 4 is 9.84 Å². The van der Waals surface area contributed by atoms with Crippen molar-refractivity contribution in [2.75, 3.05) is 12.9 Å². The second-order valence-corrected chi connectivity index (χ2v) is 8.54. The molecule has 1 aliphatic heterocycles. The molecule has 2 rings (SSSR count). The first-order chi connectivity index (χ1) is 8.91. The zero-order valence-electron chi connectivity index (χ0n) is 11.8. The second kappa shape index (κ2) is 6.08. The summed E-state index contributed by atoms with van der Waals surface area (Å²) in [6.07, 6.45) is 6.22. The SMILES string of the molecule is CC1CC(C(NN)C2CCCC(S(C)(=O)=O)C2)CO1. The zero-order chi connectivity index (χ0) is 14.0. The molecule has 0 radical (unpaired) electrons. The highest BCUT2D eigenvalue weighted by Crippen LogP contribution is 2.35. The largest absolute Gasteiger partial charge is 0.378 e. The number of nitrogens with two attached hydrogens (primary N) is 1. The van der Waals surface area contributed by atoms with E-state index in [2.05, 4.69) is 12.3 Å². The molecule has 1 heterocycles. The normalized spacial score (nSPS) is 38.3. The van der Waals surface area contributed by atoms with Gasteiger partial charge in [0, 0.05) is 18.2 Å². The second-order valence-electron chi connectivity index (χ2n) is 6.21. The quantitative estimate of drug-likeness (QED) is 0.592. The monoisotopic (exact) mass is 290 g/mol. The third-order valence-corrected chi connectivity index (χ3v) is 6.35. The van der Waals surface area contributed by atoms with E-state index in [1.54, 1.807) is 0 Å². The van der Waals surface area contributed by atoms with Crippen LogP contribution in [0.3, 0.4) is 0 Å². The summed E-state index contributed by atoms with van der Waals surface area (Å²) in [7, 11) is -2.93. The van der Waals surface area contributed by atoms with E-state index < -0.39 is 9.84 Å². The van der Waals surface area contributed by atoms with E-state index in [0.717, 1.165) is 38.7 Å². The molecular formula is C13H26N2O3S. The summed E-state index contributed by atoms with van der Waals surface area (Å²) >= 11 is 0. The van der Waals surface area contributed by atoms with Crippen LogP contribution in [0.5, 0.6) is 0 Å². The highest BCUT2D eigenvalue weighted by Gasteiger charge is 2.38. The first-order valence-electron chi connectivity index (χ1n) is 7.18. The summed E-state index contributed by atoms with van der Waals surface area (Å²) in [6, 6.07) is 0.175. The fraction of sp³-hybridized carbons (Fsp3) is 1.00. The minimum atomic E-state index is -2.93. The van der Waals surface area contributed by atoms with Gasteiger partial charge in [-0.15, -0.1) is 0 Å². The molecule has 112 valence electrons. The summed E-state index contributed by atoms with van der Waals surface area (Å²) in [5, 5.41) is -0.193. The van der Waals surface area contributed by atoms with Gasteiger partial charge in [-0.1, -0.05) is 6.42 Å². The van der Waals surface area contributed by atoms with Gasteiger partial charge in [-0.05, 0) is 38.5 Å². The van der Waals surface area contributed by atoms with Gasteiger partial charge in [0.25, 0.3) is 0 Å². The van der Waals surface area contributed by atoms with E-state index in [-0.39, 0.29) is 17.4 Å². The first-order valence-corrected chi connectivity index (χ1v) is 9.14. The number of nitrogens with one attached hydrogen (secondary N) is 1. The van der Waals surface area contributed by atoms with Crippen molar-refractivity contribution < 1.29 is 13.2 Å². The van der Waals surface area contributed by atoms with Crippen LogP contribution in [-0.2, 0) is 14.6 Å². The maximum Gasteiger partial charge on any atom is 0.150 e. The Hall–Kier alpha value is -0.170. The lowest BCUT2D eigenvalue weighted by atomic mass is 9.78. The summed E-state index contributed by atoms with van der Waals surface area (Å²) in [6.45, 7) is 2.81. The van der Waals surface area contributed by atoms with Crippen LogP contribution in [0.4, 0.5) is 0 Å². The van der Waals surface area contributed by atoms with E-state index in [1.807, 2.05) is 0 Å². The maximum absolute atomic E-state index is 11.7. The number of hydrogen-bond donors (Lipinski definition) is 2. The molecule has 0 aromatic heterocycles. The summed E-state index contributed by atoms with van der Waals surface area (Å²) in [5.74, 6) is 6.48. The molecule has 5 nitrogen and oxygen atoms in total. The Kier molecular flexibility index (Phi) is 4.87. The summed E-state index contributed by atoms with van der Waals surface area (Å²) < 4.78 is 29.1. The third kappa shape index (κ3) is 3.68. The van der Waals surface area contributed by atoms with Gasteiger partial charge in [0.15, 0.2) is 0 Å². The summed E-state index contributed by atoms with van der Waals surface area (Å²) in [4.78, 5) is 0. The summed E-state index contributed by atoms with van der Waals surface area (Å²) in [5.41, 5.74) is 2.93. The molecular weight excluding hydrogens is 264 g/mol. The Morgan fingerprint density at radius 3 is 2.53 bits per heavy atom. The smallest absolute Gasteiger partial charge is 0.150 e. The van der Waals surface area contributed by atoms with E-state index >= 15 is 0 Å². The number of ether oxygens (including phenoxy) is 1. The van der Waals surface area contributed by atoms with Gasteiger partial charge in [0.2, 0.25) is 0 Å². The Morgan fingerprint density at radius 2 is 2.00 bits per heavy atom. The molecule has 2 fully saturated rings. The molecule has 5 unspecified atom stereocenters. The third-order valence-electron chi connectivity index (χ3n) is 4.71. The molecule has 0 bridgehead atoms. The standard InChI is InChI=1S/C13H26N2O3S/c1-9-6-11(8-18-9)13(15-14)10-4-3-5-12(7-10)19(2,16)17/h9-13,15H,3-8,14H2,1-2H3. The van der Waals surface area contributed by atoms with Crippen LogP contribution < -0.4 is 11.3 Å². The van der Waals surface area contributed by atoms with Crippen molar-refractivity contribution in [2.45, 2.75) is 56.4 Å². The lowest BCUT2D eigenvalue weighted by Crippen LogP contribution is -2.48. The molecule has 0 spiro atoms. The van der Waals surface area contributed by atoms with Gasteiger partial charge in [-0.25, -0.2) is 8.42 Å². The van der Waals surface area contributed by atoms with E-state index in [9.17, 15) is 8.42 Å². The van der Waals surface area contributed by atoms with Crippen LogP contribution in [0.15, 0.2) is 0 Å². The Labute approximate surface area is 116 Å². The molecule has 19 heavy (non-hydrogen) atoms. The van der Waals surface area contributed by atoms with Gasteiger partial charge in [-0.2, -0.15) is 0 Å². The van der Waals surface area contributed by atoms with Crippen LogP contribution in [0.2, 0.25) is 0 Å². The van der Waals surface area contributed by atoms with Crippen LogP contribution >= 0.6 is 0 Å². The predicted molar refractivity (Wildman–Crippen MR) is 75.2 cm³/mol. The minimum absolute atomic E-state index is 0.175. The molecule has 0 aromatic rings. The lowest BCUT2D eigenvalue weighted by Gasteiger charge is -2.36. The molecule has 1 aliphatic carbocycles. The topological polar surface area (TPSA) is 81.4 Å². The van der Waals surface area contributed by atoms with Crippen LogP contribution in [0, 0.1) is 11.8 Å². The highest BCUT2D eigenvalue weighted by atomic mass is 32.2. The molecule has 5 atom stereocenters. The Balaban J connectivity index is 2.02. The van der Waals surface area contributed by atoms with Gasteiger partial charge < -0.3 is 4.74 Å². The van der Waals surface area contributed by atoms with Crippen LogP contribution in [0.1, 0.15) is 39.0 Å². The predicted octanol–water partition coefficient (Wildman–Crippen LogP) is 0.847. The van der Waals surface area contributed by atoms with E-state index in [1.165, 1.54) is 6.26 Å². The Morgan fingerprint density at radius 1 is 1.26 bits per heavy atom. The molecule has 3 N–H and O–H groups in total. The number of rotatable bonds is 4. The van der Waals surface area contributed by atoms with Crippen molar-refractivity contribution in [3.05, 3.63) is 0 Å². The van der Waals surface area contributed by atoms with E-state index in [0.29, 0.717) is 11.8 Å². The number of sulfone groups is 1. The van der Waals surface area contributed by atoms with Gasteiger partial charge >= 0.3 is 0 Å². The van der Waals surface area contributed by atoms with Gasteiger partial charge in [0.1, 0.15) is 9.84 Å². The Bertz CT molecular complexity index is 399. The fourth-order valence-corrected chi connectivity index (χ4v) is 4.85. The van der Waals surface area contributed by atoms with Crippen molar-refractivity contribution in [1.29, 1.82) is 0 Å². The fourth-order valence-electron chi connectivity index (χ4n) is 3.65. The molecule has 0 aromatic carbocycles.